The molecule has 0 aliphatic carbocycles. The van der Waals surface area contributed by atoms with E-state index in [9.17, 15) is 13.2 Å². The Balaban J connectivity index is 2.51. The Morgan fingerprint density at radius 3 is 2.44 bits per heavy atom. The summed E-state index contributed by atoms with van der Waals surface area (Å²) in [5, 5.41) is 3.50. The minimum Gasteiger partial charge on any atom is -0.405 e. The van der Waals surface area contributed by atoms with Crippen LogP contribution in [0.25, 0.3) is 11.1 Å². The number of nitrogen functional groups attached to an aromatic ring is 1. The second kappa shape index (κ2) is 4.81. The molecule has 0 saturated heterocycles. The molecule has 2 N–H and O–H groups in total. The van der Waals surface area contributed by atoms with E-state index in [1.165, 1.54) is 29.5 Å². The summed E-state index contributed by atoms with van der Waals surface area (Å²) in [6, 6.07) is 4.03. The molecule has 0 spiro atoms. The highest BCUT2D eigenvalue weighted by atomic mass is 79.9. The summed E-state index contributed by atoms with van der Waals surface area (Å²) in [7, 11) is 0. The van der Waals surface area contributed by atoms with Gasteiger partial charge in [0.1, 0.15) is 5.75 Å². The molecule has 0 bridgehead atoms. The molecule has 1 heterocycles. The fraction of sp³-hybridized carbons (Fsp3) is 0.0909. The van der Waals surface area contributed by atoms with Gasteiger partial charge >= 0.3 is 6.36 Å². The third-order valence-corrected chi connectivity index (χ3v) is 3.84. The zero-order valence-corrected chi connectivity index (χ0v) is 11.2. The Hall–Kier alpha value is -1.21. The highest BCUT2D eigenvalue weighted by Crippen LogP contribution is 2.40. The van der Waals surface area contributed by atoms with E-state index in [0.29, 0.717) is 21.3 Å². The fourth-order valence-electron chi connectivity index (χ4n) is 1.45. The summed E-state index contributed by atoms with van der Waals surface area (Å²) in [6.07, 6.45) is -4.73. The third-order valence-electron chi connectivity index (χ3n) is 2.13. The molecule has 2 rings (SSSR count). The zero-order valence-electron chi connectivity index (χ0n) is 8.79. The van der Waals surface area contributed by atoms with Crippen molar-refractivity contribution in [2.75, 3.05) is 5.73 Å². The van der Waals surface area contributed by atoms with Gasteiger partial charge in [0.05, 0.1) is 0 Å². The molecule has 18 heavy (non-hydrogen) atoms. The van der Waals surface area contributed by atoms with Crippen molar-refractivity contribution < 1.29 is 17.9 Å². The van der Waals surface area contributed by atoms with Crippen LogP contribution < -0.4 is 10.5 Å². The third kappa shape index (κ3) is 2.97. The number of halogens is 4. The van der Waals surface area contributed by atoms with Crippen LogP contribution in [0.1, 0.15) is 0 Å². The molecule has 96 valence electrons. The van der Waals surface area contributed by atoms with Crippen LogP contribution in [0.15, 0.2) is 33.4 Å². The topological polar surface area (TPSA) is 35.2 Å². The average Bonchev–Trinajstić information content (AvgIpc) is 2.65. The number of thiophene rings is 1. The summed E-state index contributed by atoms with van der Waals surface area (Å²) >= 11 is 4.64. The molecule has 2 aromatic rings. The van der Waals surface area contributed by atoms with Gasteiger partial charge < -0.3 is 10.5 Å². The lowest BCUT2D eigenvalue weighted by atomic mass is 10.1. The van der Waals surface area contributed by atoms with Crippen LogP contribution >= 0.6 is 27.3 Å². The van der Waals surface area contributed by atoms with E-state index in [2.05, 4.69) is 20.7 Å². The SMILES string of the molecule is Nc1ccc(OC(F)(F)F)c(-c2cscc2Br)c1. The number of alkyl halides is 3. The molecule has 1 aromatic heterocycles. The molecule has 0 amide bonds. The number of benzene rings is 1. The summed E-state index contributed by atoms with van der Waals surface area (Å²) in [6.45, 7) is 0. The van der Waals surface area contributed by atoms with Crippen molar-refractivity contribution in [2.24, 2.45) is 0 Å². The zero-order chi connectivity index (χ0) is 13.3. The average molecular weight is 338 g/mol. The largest absolute Gasteiger partial charge is 0.573 e. The minimum atomic E-state index is -4.73. The Morgan fingerprint density at radius 2 is 1.89 bits per heavy atom. The highest BCUT2D eigenvalue weighted by molar-refractivity contribution is 9.10. The molecular formula is C11H7BrF3NOS. The predicted octanol–water partition coefficient (Wildman–Crippen LogP) is 4.66. The number of hydrogen-bond donors (Lipinski definition) is 1. The van der Waals surface area contributed by atoms with E-state index in [1.54, 1.807) is 10.8 Å². The van der Waals surface area contributed by atoms with E-state index in [4.69, 9.17) is 5.73 Å². The van der Waals surface area contributed by atoms with Crippen LogP contribution in [-0.2, 0) is 0 Å². The van der Waals surface area contributed by atoms with Crippen LogP contribution in [-0.4, -0.2) is 6.36 Å². The van der Waals surface area contributed by atoms with Crippen molar-refractivity contribution >= 4 is 33.0 Å². The van der Waals surface area contributed by atoms with Crippen LogP contribution in [0.5, 0.6) is 5.75 Å². The first-order valence-electron chi connectivity index (χ1n) is 4.74. The van der Waals surface area contributed by atoms with Crippen molar-refractivity contribution in [3.8, 4) is 16.9 Å². The number of anilines is 1. The quantitative estimate of drug-likeness (QED) is 0.809. The molecule has 0 aliphatic heterocycles. The lowest BCUT2D eigenvalue weighted by Crippen LogP contribution is -2.17. The number of nitrogens with two attached hydrogens (primary N) is 1. The van der Waals surface area contributed by atoms with Gasteiger partial charge in [0, 0.05) is 26.7 Å². The smallest absolute Gasteiger partial charge is 0.405 e. The Kier molecular flexibility index (Phi) is 3.54. The molecule has 0 unspecified atom stereocenters. The molecule has 1 aromatic carbocycles. The van der Waals surface area contributed by atoms with Crippen LogP contribution in [0.3, 0.4) is 0 Å². The van der Waals surface area contributed by atoms with Gasteiger partial charge in [-0.25, -0.2) is 0 Å². The van der Waals surface area contributed by atoms with Crippen molar-refractivity contribution in [3.05, 3.63) is 33.4 Å². The van der Waals surface area contributed by atoms with Gasteiger partial charge in [0.2, 0.25) is 0 Å². The Bertz CT molecular complexity index is 568. The van der Waals surface area contributed by atoms with Crippen LogP contribution in [0, 0.1) is 0 Å². The highest BCUT2D eigenvalue weighted by Gasteiger charge is 2.32. The maximum Gasteiger partial charge on any atom is 0.573 e. The first-order valence-corrected chi connectivity index (χ1v) is 6.48. The minimum absolute atomic E-state index is 0.268. The van der Waals surface area contributed by atoms with Crippen LogP contribution in [0.2, 0.25) is 0 Å². The predicted molar refractivity (Wildman–Crippen MR) is 68.6 cm³/mol. The summed E-state index contributed by atoms with van der Waals surface area (Å²) in [4.78, 5) is 0. The first-order chi connectivity index (χ1) is 8.37. The Labute approximate surface area is 113 Å². The molecule has 2 nitrogen and oxygen atoms in total. The molecule has 0 aliphatic rings. The monoisotopic (exact) mass is 337 g/mol. The van der Waals surface area contributed by atoms with Gasteiger partial charge in [-0.2, -0.15) is 11.3 Å². The van der Waals surface area contributed by atoms with Gasteiger partial charge in [-0.3, -0.25) is 0 Å². The lowest BCUT2D eigenvalue weighted by molar-refractivity contribution is -0.274. The molecule has 0 radical (unpaired) electrons. The second-order valence-corrected chi connectivity index (χ2v) is 5.03. The van der Waals surface area contributed by atoms with Crippen molar-refractivity contribution in [1.29, 1.82) is 0 Å². The molecule has 7 heteroatoms. The van der Waals surface area contributed by atoms with Gasteiger partial charge in [-0.15, -0.1) is 13.2 Å². The first kappa shape index (κ1) is 13.2. The molecular weight excluding hydrogens is 331 g/mol. The standard InChI is InChI=1S/C11H7BrF3NOS/c12-9-5-18-4-8(9)7-3-6(16)1-2-10(7)17-11(13,14)15/h1-5H,16H2. The number of hydrogen-bond acceptors (Lipinski definition) is 3. The number of rotatable bonds is 2. The van der Waals surface area contributed by atoms with Crippen molar-refractivity contribution in [2.45, 2.75) is 6.36 Å². The fourth-order valence-corrected chi connectivity index (χ4v) is 2.95. The molecule has 0 atom stereocenters. The van der Waals surface area contributed by atoms with E-state index in [-0.39, 0.29) is 5.75 Å². The van der Waals surface area contributed by atoms with Gasteiger partial charge in [-0.05, 0) is 39.5 Å². The summed E-state index contributed by atoms with van der Waals surface area (Å²) in [5.74, 6) is -0.268. The normalized spacial score (nSPS) is 11.6. The number of ether oxygens (including phenoxy) is 1. The van der Waals surface area contributed by atoms with E-state index in [1.807, 2.05) is 0 Å². The van der Waals surface area contributed by atoms with Crippen molar-refractivity contribution in [1.82, 2.24) is 0 Å². The van der Waals surface area contributed by atoms with E-state index in [0.717, 1.165) is 0 Å². The van der Waals surface area contributed by atoms with Crippen molar-refractivity contribution in [3.63, 3.8) is 0 Å². The molecule has 0 fully saturated rings. The van der Waals surface area contributed by atoms with Gasteiger partial charge in [0.15, 0.2) is 0 Å². The molecule has 0 saturated carbocycles. The van der Waals surface area contributed by atoms with Crippen LogP contribution in [0.4, 0.5) is 18.9 Å². The summed E-state index contributed by atoms with van der Waals surface area (Å²) in [5.41, 5.74) is 6.89. The maximum absolute atomic E-state index is 12.3. The summed E-state index contributed by atoms with van der Waals surface area (Å²) < 4.78 is 41.6. The van der Waals surface area contributed by atoms with Gasteiger partial charge in [-0.1, -0.05) is 0 Å². The lowest BCUT2D eigenvalue weighted by Gasteiger charge is -2.13. The Morgan fingerprint density at radius 1 is 1.17 bits per heavy atom. The second-order valence-electron chi connectivity index (χ2n) is 3.44. The van der Waals surface area contributed by atoms with E-state index < -0.39 is 6.36 Å². The maximum atomic E-state index is 12.3. The van der Waals surface area contributed by atoms with Gasteiger partial charge in [0.25, 0.3) is 0 Å². The van der Waals surface area contributed by atoms with E-state index >= 15 is 0 Å².